The van der Waals surface area contributed by atoms with Crippen LogP contribution in [0.15, 0.2) is 52.9 Å². The molecular weight excluding hydrogens is 368 g/mol. The summed E-state index contributed by atoms with van der Waals surface area (Å²) in [6.07, 6.45) is 5.08. The Morgan fingerprint density at radius 3 is 2.43 bits per heavy atom. The van der Waals surface area contributed by atoms with Gasteiger partial charge in [-0.3, -0.25) is 0 Å². The quantitative estimate of drug-likeness (QED) is 0.368. The Bertz CT molecular complexity index is 1360. The van der Waals surface area contributed by atoms with Crippen LogP contribution in [0.3, 0.4) is 0 Å². The van der Waals surface area contributed by atoms with Gasteiger partial charge >= 0.3 is 0 Å². The van der Waals surface area contributed by atoms with Gasteiger partial charge in [-0.25, -0.2) is 4.98 Å². The first-order valence-corrected chi connectivity index (χ1v) is 11.2. The smallest absolute Gasteiger partial charge is 0.227 e. The molecule has 2 aromatic heterocycles. The Balaban J connectivity index is 1.56. The summed E-state index contributed by atoms with van der Waals surface area (Å²) in [5.74, 6) is 0. The van der Waals surface area contributed by atoms with Gasteiger partial charge in [-0.1, -0.05) is 36.4 Å². The van der Waals surface area contributed by atoms with Gasteiger partial charge in [0.25, 0.3) is 0 Å². The highest BCUT2D eigenvalue weighted by molar-refractivity contribution is 6.09. The molecule has 3 aliphatic carbocycles. The predicted molar refractivity (Wildman–Crippen MR) is 121 cm³/mol. The number of fused-ring (bicyclic) bond motifs is 3. The number of pyridine rings is 1. The average Bonchev–Trinajstić information content (AvgIpc) is 3.13. The van der Waals surface area contributed by atoms with Crippen molar-refractivity contribution in [1.29, 1.82) is 0 Å². The normalized spacial score (nSPS) is 29.2. The molecule has 3 heteroatoms. The molecule has 0 amide bonds. The third-order valence-electron chi connectivity index (χ3n) is 8.64. The Kier molecular flexibility index (Phi) is 2.97. The second kappa shape index (κ2) is 5.26. The number of hydrogen-bond acceptors (Lipinski definition) is 3. The van der Waals surface area contributed by atoms with Crippen LogP contribution in [0.1, 0.15) is 55.0 Å². The molecule has 4 aromatic rings. The summed E-state index contributed by atoms with van der Waals surface area (Å²) in [5.41, 5.74) is 8.85. The Hall–Kier alpha value is -2.81. The topological polar surface area (TPSA) is 29.3 Å². The van der Waals surface area contributed by atoms with Gasteiger partial charge in [0.15, 0.2) is 5.58 Å². The average molecular weight is 395 g/mol. The van der Waals surface area contributed by atoms with E-state index in [1.807, 2.05) is 6.92 Å². The molecular formula is C27H26N2O. The summed E-state index contributed by atoms with van der Waals surface area (Å²) in [6.45, 7) is 6.72. The number of hydrogen-bond donors (Lipinski definition) is 0. The van der Waals surface area contributed by atoms with Crippen LogP contribution in [0.25, 0.3) is 22.1 Å². The molecule has 0 spiro atoms. The third-order valence-corrected chi connectivity index (χ3v) is 8.64. The highest BCUT2D eigenvalue weighted by Gasteiger charge is 2.65. The fourth-order valence-electron chi connectivity index (χ4n) is 7.21. The molecule has 150 valence electrons. The second-order valence-electron chi connectivity index (χ2n) is 9.79. The van der Waals surface area contributed by atoms with Gasteiger partial charge in [0.1, 0.15) is 0 Å². The van der Waals surface area contributed by atoms with Gasteiger partial charge in [0, 0.05) is 27.9 Å². The Labute approximate surface area is 176 Å². The van der Waals surface area contributed by atoms with Crippen molar-refractivity contribution in [1.82, 2.24) is 4.98 Å². The maximum atomic E-state index is 6.49. The highest BCUT2D eigenvalue weighted by atomic mass is 16.3. The molecule has 2 bridgehead atoms. The maximum absolute atomic E-state index is 6.49. The molecule has 6 aliphatic rings. The van der Waals surface area contributed by atoms with Crippen LogP contribution in [-0.4, -0.2) is 11.0 Å². The number of rotatable bonds is 1. The standard InChI is InChI=1S/C27H26N2O/c1-16-8-10-19-20-11-9-17(2)28-25(20)30-24(19)23(16)29-18(3)26-12-14-27(29,15-13-26)22-7-5-4-6-21(22)26/h4-11,18H,12-15H2,1-3H3/t18-,26?,27?/m0/s1. The second-order valence-corrected chi connectivity index (χ2v) is 9.79. The number of anilines is 1. The first-order chi connectivity index (χ1) is 14.6. The fourth-order valence-corrected chi connectivity index (χ4v) is 7.21. The molecule has 2 aromatic carbocycles. The number of aromatic nitrogens is 1. The zero-order valence-electron chi connectivity index (χ0n) is 17.8. The molecule has 0 N–H and O–H groups in total. The van der Waals surface area contributed by atoms with Crippen LogP contribution < -0.4 is 4.90 Å². The number of aryl methyl sites for hydroxylation is 2. The first-order valence-electron chi connectivity index (χ1n) is 11.2. The lowest BCUT2D eigenvalue weighted by Gasteiger charge is -2.70. The van der Waals surface area contributed by atoms with Crippen molar-refractivity contribution in [2.24, 2.45) is 0 Å². The molecule has 10 rings (SSSR count). The Morgan fingerprint density at radius 1 is 0.900 bits per heavy atom. The summed E-state index contributed by atoms with van der Waals surface area (Å²) in [4.78, 5) is 7.45. The van der Waals surface area contributed by atoms with Crippen LogP contribution >= 0.6 is 0 Å². The fraction of sp³-hybridized carbons (Fsp3) is 0.370. The molecule has 1 atom stereocenters. The Morgan fingerprint density at radius 2 is 1.63 bits per heavy atom. The SMILES string of the molecule is Cc1ccc2c(n1)oc1c(N3[C@@H](C)C45CCC3(CC4)c3ccccc35)c(C)ccc12. The number of piperidine rings is 2. The van der Waals surface area contributed by atoms with Crippen molar-refractivity contribution in [3.05, 3.63) is 70.9 Å². The number of furan rings is 1. The van der Waals surface area contributed by atoms with E-state index in [9.17, 15) is 0 Å². The summed E-state index contributed by atoms with van der Waals surface area (Å²) in [7, 11) is 0. The van der Waals surface area contributed by atoms with Crippen molar-refractivity contribution < 1.29 is 4.42 Å². The van der Waals surface area contributed by atoms with Crippen LogP contribution in [0.2, 0.25) is 0 Å². The van der Waals surface area contributed by atoms with Gasteiger partial charge in [0.2, 0.25) is 5.71 Å². The van der Waals surface area contributed by atoms with E-state index in [1.165, 1.54) is 42.3 Å². The molecule has 1 saturated carbocycles. The van der Waals surface area contributed by atoms with E-state index in [4.69, 9.17) is 9.40 Å². The molecule has 30 heavy (non-hydrogen) atoms. The number of benzene rings is 2. The van der Waals surface area contributed by atoms with E-state index in [0.29, 0.717) is 6.04 Å². The minimum Gasteiger partial charge on any atom is -0.436 e. The molecule has 3 fully saturated rings. The highest BCUT2D eigenvalue weighted by Crippen LogP contribution is 2.67. The maximum Gasteiger partial charge on any atom is 0.227 e. The van der Waals surface area contributed by atoms with Crippen LogP contribution in [0.4, 0.5) is 5.69 Å². The van der Waals surface area contributed by atoms with Crippen molar-refractivity contribution in [2.45, 2.75) is 63.5 Å². The summed E-state index contributed by atoms with van der Waals surface area (Å²) >= 11 is 0. The van der Waals surface area contributed by atoms with Crippen molar-refractivity contribution in [3.8, 4) is 0 Å². The van der Waals surface area contributed by atoms with E-state index in [-0.39, 0.29) is 11.0 Å². The molecule has 3 aliphatic heterocycles. The molecule has 3 nitrogen and oxygen atoms in total. The summed E-state index contributed by atoms with van der Waals surface area (Å²) < 4.78 is 6.49. The van der Waals surface area contributed by atoms with Gasteiger partial charge in [0.05, 0.1) is 11.2 Å². The number of nitrogens with zero attached hydrogens (tertiary/aromatic N) is 2. The van der Waals surface area contributed by atoms with Crippen LogP contribution in [0.5, 0.6) is 0 Å². The molecule has 0 unspecified atom stereocenters. The van der Waals surface area contributed by atoms with E-state index >= 15 is 0 Å². The molecule has 5 heterocycles. The first kappa shape index (κ1) is 16.9. The van der Waals surface area contributed by atoms with E-state index in [0.717, 1.165) is 22.4 Å². The largest absolute Gasteiger partial charge is 0.436 e. The lowest BCUT2D eigenvalue weighted by Crippen LogP contribution is -2.72. The van der Waals surface area contributed by atoms with Gasteiger partial charge < -0.3 is 9.32 Å². The van der Waals surface area contributed by atoms with Crippen molar-refractivity contribution in [3.63, 3.8) is 0 Å². The van der Waals surface area contributed by atoms with Gasteiger partial charge in [-0.05, 0) is 75.3 Å². The van der Waals surface area contributed by atoms with Crippen LogP contribution in [-0.2, 0) is 11.0 Å². The van der Waals surface area contributed by atoms with E-state index in [1.54, 1.807) is 11.1 Å². The lowest BCUT2D eigenvalue weighted by atomic mass is 9.47. The minimum atomic E-state index is 0.0807. The van der Waals surface area contributed by atoms with E-state index in [2.05, 4.69) is 67.3 Å². The van der Waals surface area contributed by atoms with Gasteiger partial charge in [-0.15, -0.1) is 0 Å². The zero-order chi connectivity index (χ0) is 20.3. The zero-order valence-corrected chi connectivity index (χ0v) is 17.8. The molecule has 2 saturated heterocycles. The van der Waals surface area contributed by atoms with Gasteiger partial charge in [-0.2, -0.15) is 0 Å². The van der Waals surface area contributed by atoms with Crippen molar-refractivity contribution >= 4 is 27.8 Å². The molecule has 0 radical (unpaired) electrons. The monoisotopic (exact) mass is 394 g/mol. The van der Waals surface area contributed by atoms with E-state index < -0.39 is 0 Å². The lowest BCUT2D eigenvalue weighted by molar-refractivity contribution is 0.0556. The third kappa shape index (κ3) is 1.73. The predicted octanol–water partition coefficient (Wildman–Crippen LogP) is 6.53. The summed E-state index contributed by atoms with van der Waals surface area (Å²) in [5, 5.41) is 2.30. The minimum absolute atomic E-state index is 0.0807. The van der Waals surface area contributed by atoms with Crippen molar-refractivity contribution in [2.75, 3.05) is 4.90 Å². The summed E-state index contributed by atoms with van der Waals surface area (Å²) in [6, 6.07) is 18.4. The van der Waals surface area contributed by atoms with Crippen LogP contribution in [0, 0.1) is 13.8 Å².